The Morgan fingerprint density at radius 3 is 2.25 bits per heavy atom. The molecule has 0 bridgehead atoms. The van der Waals surface area contributed by atoms with E-state index in [1.807, 2.05) is 61.3 Å². The zero-order valence-electron chi connectivity index (χ0n) is 11.9. The van der Waals surface area contributed by atoms with E-state index in [0.29, 0.717) is 12.3 Å². The number of aliphatic hydroxyl groups excluding tert-OH is 1. The van der Waals surface area contributed by atoms with Crippen molar-refractivity contribution in [3.63, 3.8) is 0 Å². The number of phenols is 1. The van der Waals surface area contributed by atoms with E-state index in [4.69, 9.17) is 0 Å². The molecule has 106 valence electrons. The van der Waals surface area contributed by atoms with Crippen molar-refractivity contribution >= 4 is 0 Å². The minimum atomic E-state index is -0.549. The van der Waals surface area contributed by atoms with Gasteiger partial charge >= 0.3 is 0 Å². The summed E-state index contributed by atoms with van der Waals surface area (Å²) in [5.41, 5.74) is 1.77. The molecule has 0 radical (unpaired) electrons. The van der Waals surface area contributed by atoms with Gasteiger partial charge in [0.2, 0.25) is 0 Å². The Hall–Kier alpha value is -1.84. The van der Waals surface area contributed by atoms with Crippen molar-refractivity contribution in [2.45, 2.75) is 25.6 Å². The Morgan fingerprint density at radius 1 is 1.00 bits per heavy atom. The lowest BCUT2D eigenvalue weighted by molar-refractivity contribution is 0.0684. The molecule has 2 N–H and O–H groups in total. The van der Waals surface area contributed by atoms with Gasteiger partial charge in [-0.25, -0.2) is 0 Å². The summed E-state index contributed by atoms with van der Waals surface area (Å²) in [7, 11) is 1.95. The molecule has 0 saturated heterocycles. The molecule has 2 aromatic carbocycles. The third-order valence-corrected chi connectivity index (χ3v) is 3.70. The predicted molar refractivity (Wildman–Crippen MR) is 80.4 cm³/mol. The van der Waals surface area contributed by atoms with Crippen LogP contribution in [-0.2, 0) is 6.54 Å². The highest BCUT2D eigenvalue weighted by Gasteiger charge is 2.20. The largest absolute Gasteiger partial charge is 0.508 e. The van der Waals surface area contributed by atoms with Gasteiger partial charge in [0.15, 0.2) is 0 Å². The Kier molecular flexibility index (Phi) is 4.77. The fourth-order valence-corrected chi connectivity index (χ4v) is 2.23. The minimum Gasteiger partial charge on any atom is -0.508 e. The van der Waals surface area contributed by atoms with Crippen LogP contribution in [-0.4, -0.2) is 28.2 Å². The molecule has 0 heterocycles. The van der Waals surface area contributed by atoms with Gasteiger partial charge in [0.1, 0.15) is 5.75 Å². The molecule has 20 heavy (non-hydrogen) atoms. The van der Waals surface area contributed by atoms with Gasteiger partial charge in [-0.1, -0.05) is 48.5 Å². The van der Waals surface area contributed by atoms with Crippen molar-refractivity contribution in [2.75, 3.05) is 7.05 Å². The van der Waals surface area contributed by atoms with Crippen molar-refractivity contribution in [2.24, 2.45) is 0 Å². The van der Waals surface area contributed by atoms with E-state index >= 15 is 0 Å². The lowest BCUT2D eigenvalue weighted by Gasteiger charge is -2.29. The van der Waals surface area contributed by atoms with Crippen molar-refractivity contribution in [1.82, 2.24) is 4.90 Å². The molecular weight excluding hydrogens is 250 g/mol. The quantitative estimate of drug-likeness (QED) is 0.878. The summed E-state index contributed by atoms with van der Waals surface area (Å²) < 4.78 is 0. The van der Waals surface area contributed by atoms with Gasteiger partial charge in [-0.05, 0) is 25.6 Å². The van der Waals surface area contributed by atoms with Crippen molar-refractivity contribution in [3.8, 4) is 5.75 Å². The number of aromatic hydroxyl groups is 1. The van der Waals surface area contributed by atoms with Crippen LogP contribution in [0, 0.1) is 0 Å². The maximum Gasteiger partial charge on any atom is 0.120 e. The first kappa shape index (κ1) is 14.6. The molecule has 0 saturated carbocycles. The van der Waals surface area contributed by atoms with Crippen LogP contribution in [0.5, 0.6) is 5.75 Å². The molecule has 0 unspecified atom stereocenters. The normalized spacial score (nSPS) is 14.2. The Bertz CT molecular complexity index is 542. The maximum absolute atomic E-state index is 10.4. The number of nitrogens with zero attached hydrogens (tertiary/aromatic N) is 1. The smallest absolute Gasteiger partial charge is 0.120 e. The van der Waals surface area contributed by atoms with Crippen LogP contribution in [0.2, 0.25) is 0 Å². The number of benzene rings is 2. The first-order chi connectivity index (χ1) is 9.59. The maximum atomic E-state index is 10.4. The molecule has 2 rings (SSSR count). The van der Waals surface area contributed by atoms with E-state index < -0.39 is 6.10 Å². The lowest BCUT2D eigenvalue weighted by Crippen LogP contribution is -2.33. The van der Waals surface area contributed by atoms with E-state index in [9.17, 15) is 10.2 Å². The summed E-state index contributed by atoms with van der Waals surface area (Å²) in [6, 6.07) is 16.9. The van der Waals surface area contributed by atoms with E-state index in [-0.39, 0.29) is 6.04 Å². The van der Waals surface area contributed by atoms with Crippen molar-refractivity contribution < 1.29 is 10.2 Å². The van der Waals surface area contributed by atoms with Crippen LogP contribution in [0.1, 0.15) is 24.2 Å². The third kappa shape index (κ3) is 3.38. The second kappa shape index (κ2) is 6.55. The van der Waals surface area contributed by atoms with E-state index in [2.05, 4.69) is 0 Å². The highest BCUT2D eigenvalue weighted by Crippen LogP contribution is 2.23. The van der Waals surface area contributed by atoms with Crippen LogP contribution in [0.25, 0.3) is 0 Å². The third-order valence-electron chi connectivity index (χ3n) is 3.70. The van der Waals surface area contributed by atoms with Crippen LogP contribution in [0.4, 0.5) is 0 Å². The second-order valence-corrected chi connectivity index (χ2v) is 5.14. The monoisotopic (exact) mass is 271 g/mol. The molecule has 0 aliphatic rings. The van der Waals surface area contributed by atoms with Gasteiger partial charge in [-0.3, -0.25) is 4.90 Å². The molecule has 0 aliphatic carbocycles. The summed E-state index contributed by atoms with van der Waals surface area (Å²) >= 11 is 0. The average Bonchev–Trinajstić information content (AvgIpc) is 2.49. The fourth-order valence-electron chi connectivity index (χ4n) is 2.23. The molecule has 0 spiro atoms. The highest BCUT2D eigenvalue weighted by molar-refractivity contribution is 5.31. The van der Waals surface area contributed by atoms with E-state index in [0.717, 1.165) is 11.1 Å². The van der Waals surface area contributed by atoms with Gasteiger partial charge in [-0.2, -0.15) is 0 Å². The Balaban J connectivity index is 2.05. The number of rotatable bonds is 5. The van der Waals surface area contributed by atoms with E-state index in [1.165, 1.54) is 0 Å². The number of likely N-dealkylation sites (N-methyl/N-ethyl adjacent to an activating group) is 1. The molecule has 2 aromatic rings. The summed E-state index contributed by atoms with van der Waals surface area (Å²) in [6.45, 7) is 2.58. The molecule has 0 aromatic heterocycles. The number of hydrogen-bond donors (Lipinski definition) is 2. The summed E-state index contributed by atoms with van der Waals surface area (Å²) in [5, 5.41) is 20.2. The number of hydrogen-bond acceptors (Lipinski definition) is 3. The summed E-state index contributed by atoms with van der Waals surface area (Å²) in [6.07, 6.45) is -0.549. The molecular formula is C17H21NO2. The van der Waals surface area contributed by atoms with Crippen LogP contribution >= 0.6 is 0 Å². The Labute approximate surface area is 120 Å². The van der Waals surface area contributed by atoms with Crippen LogP contribution in [0.15, 0.2) is 54.6 Å². The van der Waals surface area contributed by atoms with Crippen molar-refractivity contribution in [1.29, 1.82) is 0 Å². The van der Waals surface area contributed by atoms with Gasteiger partial charge in [0.05, 0.1) is 6.10 Å². The average molecular weight is 271 g/mol. The van der Waals surface area contributed by atoms with Crippen molar-refractivity contribution in [3.05, 3.63) is 65.7 Å². The minimum absolute atomic E-state index is 0.0444. The predicted octanol–water partition coefficient (Wildman–Crippen LogP) is 2.95. The molecule has 3 heteroatoms. The molecule has 2 atom stereocenters. The first-order valence-electron chi connectivity index (χ1n) is 6.79. The number of para-hydroxylation sites is 1. The highest BCUT2D eigenvalue weighted by atomic mass is 16.3. The van der Waals surface area contributed by atoms with Crippen LogP contribution < -0.4 is 0 Å². The number of aliphatic hydroxyl groups is 1. The second-order valence-electron chi connectivity index (χ2n) is 5.14. The molecule has 0 aliphatic heterocycles. The van der Waals surface area contributed by atoms with Gasteiger partial charge in [-0.15, -0.1) is 0 Å². The van der Waals surface area contributed by atoms with Crippen LogP contribution in [0.3, 0.4) is 0 Å². The SMILES string of the molecule is C[C@@H]([C@H](O)c1ccccc1)N(C)Cc1ccccc1O. The lowest BCUT2D eigenvalue weighted by atomic mass is 10.0. The summed E-state index contributed by atoms with van der Waals surface area (Å²) in [4.78, 5) is 2.03. The van der Waals surface area contributed by atoms with Gasteiger partial charge < -0.3 is 10.2 Å². The topological polar surface area (TPSA) is 43.7 Å². The standard InChI is InChI=1S/C17H21NO2/c1-13(17(20)14-8-4-3-5-9-14)18(2)12-15-10-6-7-11-16(15)19/h3-11,13,17,19-20H,12H2,1-2H3/t13-,17-/m0/s1. The number of phenolic OH excluding ortho intramolecular Hbond substituents is 1. The zero-order chi connectivity index (χ0) is 14.5. The van der Waals surface area contributed by atoms with Gasteiger partial charge in [0, 0.05) is 18.2 Å². The zero-order valence-corrected chi connectivity index (χ0v) is 11.9. The summed E-state index contributed by atoms with van der Waals surface area (Å²) in [5.74, 6) is 0.292. The molecule has 3 nitrogen and oxygen atoms in total. The fraction of sp³-hybridized carbons (Fsp3) is 0.294. The molecule has 0 amide bonds. The van der Waals surface area contributed by atoms with E-state index in [1.54, 1.807) is 12.1 Å². The first-order valence-corrected chi connectivity index (χ1v) is 6.79. The Morgan fingerprint density at radius 2 is 1.60 bits per heavy atom. The van der Waals surface area contributed by atoms with Gasteiger partial charge in [0.25, 0.3) is 0 Å². The molecule has 0 fully saturated rings.